The number of alkyl halides is 3. The summed E-state index contributed by atoms with van der Waals surface area (Å²) in [6.07, 6.45) is 2.17. The SMILES string of the molecule is Cc1cc(F)c(C(=O)Nc2cccc(-c3nncn3CC(F)(F)F)n2)cc1-n1cnc(C2CC2)c1. The van der Waals surface area contributed by atoms with Crippen molar-refractivity contribution in [2.45, 2.75) is 38.4 Å². The predicted octanol–water partition coefficient (Wildman–Crippen LogP) is 4.67. The number of rotatable bonds is 6. The molecule has 12 heteroatoms. The highest BCUT2D eigenvalue weighted by Gasteiger charge is 2.30. The van der Waals surface area contributed by atoms with E-state index in [9.17, 15) is 22.4 Å². The van der Waals surface area contributed by atoms with E-state index in [1.54, 1.807) is 17.8 Å². The molecule has 0 aliphatic heterocycles. The van der Waals surface area contributed by atoms with Gasteiger partial charge in [0.05, 0.1) is 23.3 Å². The molecule has 0 saturated heterocycles. The number of benzene rings is 1. The van der Waals surface area contributed by atoms with Gasteiger partial charge in [-0.25, -0.2) is 14.4 Å². The Labute approximate surface area is 196 Å². The Kier molecular flexibility index (Phi) is 5.58. The lowest BCUT2D eigenvalue weighted by Gasteiger charge is -2.12. The van der Waals surface area contributed by atoms with E-state index in [0.29, 0.717) is 17.2 Å². The van der Waals surface area contributed by atoms with E-state index in [1.807, 2.05) is 6.20 Å². The summed E-state index contributed by atoms with van der Waals surface area (Å²) < 4.78 is 55.8. The van der Waals surface area contributed by atoms with E-state index >= 15 is 0 Å². The van der Waals surface area contributed by atoms with Crippen LogP contribution in [0.5, 0.6) is 0 Å². The second-order valence-electron chi connectivity index (χ2n) is 8.36. The van der Waals surface area contributed by atoms with Gasteiger partial charge in [0, 0.05) is 12.1 Å². The first-order valence-electron chi connectivity index (χ1n) is 10.8. The van der Waals surface area contributed by atoms with Crippen molar-refractivity contribution >= 4 is 11.7 Å². The Balaban J connectivity index is 1.40. The van der Waals surface area contributed by atoms with Crippen molar-refractivity contribution in [2.24, 2.45) is 0 Å². The number of halogens is 4. The minimum atomic E-state index is -4.47. The number of aromatic nitrogens is 6. The second-order valence-corrected chi connectivity index (χ2v) is 8.36. The molecule has 0 spiro atoms. The maximum absolute atomic E-state index is 14.7. The second kappa shape index (κ2) is 8.60. The molecule has 1 saturated carbocycles. The van der Waals surface area contributed by atoms with Gasteiger partial charge in [-0.2, -0.15) is 13.2 Å². The summed E-state index contributed by atoms with van der Waals surface area (Å²) >= 11 is 0. The van der Waals surface area contributed by atoms with Crippen LogP contribution < -0.4 is 5.32 Å². The number of carbonyl (C=O) groups is 1. The predicted molar refractivity (Wildman–Crippen MR) is 117 cm³/mol. The maximum Gasteiger partial charge on any atom is 0.406 e. The topological polar surface area (TPSA) is 90.5 Å². The normalized spacial score (nSPS) is 13.7. The summed E-state index contributed by atoms with van der Waals surface area (Å²) in [5.41, 5.74) is 2.06. The fraction of sp³-hybridized carbons (Fsp3) is 0.261. The Morgan fingerprint density at radius 2 is 2.00 bits per heavy atom. The lowest BCUT2D eigenvalue weighted by Crippen LogP contribution is -2.18. The minimum absolute atomic E-state index is 0.0224. The van der Waals surface area contributed by atoms with Gasteiger partial charge in [0.2, 0.25) is 0 Å². The van der Waals surface area contributed by atoms with Crippen LogP contribution in [-0.4, -0.2) is 41.4 Å². The summed E-state index contributed by atoms with van der Waals surface area (Å²) in [6, 6.07) is 7.07. The first-order chi connectivity index (χ1) is 16.7. The van der Waals surface area contributed by atoms with Crippen molar-refractivity contribution in [2.75, 3.05) is 5.32 Å². The summed E-state index contributed by atoms with van der Waals surface area (Å²) in [5, 5.41) is 9.74. The van der Waals surface area contributed by atoms with Crippen LogP contribution >= 0.6 is 0 Å². The molecule has 1 fully saturated rings. The molecular weight excluding hydrogens is 466 g/mol. The molecule has 1 amide bonds. The maximum atomic E-state index is 14.7. The van der Waals surface area contributed by atoms with Crippen molar-refractivity contribution in [3.05, 3.63) is 71.8 Å². The lowest BCUT2D eigenvalue weighted by atomic mass is 10.1. The van der Waals surface area contributed by atoms with Crippen molar-refractivity contribution in [3.63, 3.8) is 0 Å². The van der Waals surface area contributed by atoms with Crippen LogP contribution in [0.3, 0.4) is 0 Å². The van der Waals surface area contributed by atoms with Crippen LogP contribution in [0.15, 0.2) is 49.2 Å². The minimum Gasteiger partial charge on any atom is -0.306 e. The molecule has 1 aliphatic rings. The van der Waals surface area contributed by atoms with E-state index in [2.05, 4.69) is 25.5 Å². The van der Waals surface area contributed by atoms with E-state index in [4.69, 9.17) is 0 Å². The Morgan fingerprint density at radius 1 is 1.20 bits per heavy atom. The van der Waals surface area contributed by atoms with Gasteiger partial charge in [0.15, 0.2) is 5.82 Å². The first kappa shape index (κ1) is 22.7. The van der Waals surface area contributed by atoms with Gasteiger partial charge < -0.3 is 14.5 Å². The number of amides is 1. The van der Waals surface area contributed by atoms with Crippen LogP contribution in [0, 0.1) is 12.7 Å². The average Bonchev–Trinajstić information content (AvgIpc) is 3.34. The third kappa shape index (κ3) is 4.91. The molecule has 4 aromatic rings. The van der Waals surface area contributed by atoms with Gasteiger partial charge in [0.25, 0.3) is 5.91 Å². The molecule has 0 atom stereocenters. The summed E-state index contributed by atoms with van der Waals surface area (Å²) in [6.45, 7) is 0.445. The van der Waals surface area contributed by atoms with Gasteiger partial charge in [0.1, 0.15) is 30.2 Å². The molecule has 1 aliphatic carbocycles. The number of carbonyl (C=O) groups excluding carboxylic acids is 1. The molecule has 0 radical (unpaired) electrons. The number of anilines is 1. The van der Waals surface area contributed by atoms with Gasteiger partial charge in [-0.15, -0.1) is 10.2 Å². The highest BCUT2D eigenvalue weighted by molar-refractivity contribution is 6.04. The zero-order chi connectivity index (χ0) is 24.7. The molecule has 1 N–H and O–H groups in total. The van der Waals surface area contributed by atoms with E-state index in [-0.39, 0.29) is 22.9 Å². The zero-order valence-electron chi connectivity index (χ0n) is 18.4. The quantitative estimate of drug-likeness (QED) is 0.401. The lowest BCUT2D eigenvalue weighted by molar-refractivity contribution is -0.140. The largest absolute Gasteiger partial charge is 0.406 e. The number of hydrogen-bond acceptors (Lipinski definition) is 5. The third-order valence-electron chi connectivity index (χ3n) is 5.59. The summed E-state index contributed by atoms with van der Waals surface area (Å²) in [4.78, 5) is 21.5. The summed E-state index contributed by atoms with van der Waals surface area (Å²) in [5.74, 6) is -1.12. The van der Waals surface area contributed by atoms with Gasteiger partial charge in [-0.3, -0.25) is 4.79 Å². The standard InChI is InChI=1S/C23H19F4N7O/c1-13-7-16(24)15(8-19(13)33-9-18(28-11-33)14-5-6-14)22(35)31-20-4-2-3-17(30-20)21-32-29-12-34(21)10-23(25,26)27/h2-4,7-9,11-12,14H,5-6,10H2,1H3,(H,30,31,35). The number of aryl methyl sites for hydroxylation is 1. The highest BCUT2D eigenvalue weighted by atomic mass is 19.4. The van der Waals surface area contributed by atoms with E-state index in [1.165, 1.54) is 30.3 Å². The number of nitrogens with zero attached hydrogens (tertiary/aromatic N) is 6. The molecular formula is C23H19F4N7O. The van der Waals surface area contributed by atoms with Crippen LogP contribution in [0.2, 0.25) is 0 Å². The Bertz CT molecular complexity index is 1410. The fourth-order valence-electron chi connectivity index (χ4n) is 3.75. The van der Waals surface area contributed by atoms with Crippen molar-refractivity contribution < 1.29 is 22.4 Å². The molecule has 1 aromatic carbocycles. The molecule has 8 nitrogen and oxygen atoms in total. The van der Waals surface area contributed by atoms with Crippen LogP contribution in [0.4, 0.5) is 23.4 Å². The number of hydrogen-bond donors (Lipinski definition) is 1. The Hall–Kier alpha value is -4.09. The van der Waals surface area contributed by atoms with Crippen LogP contribution in [0.1, 0.15) is 40.4 Å². The third-order valence-corrected chi connectivity index (χ3v) is 5.59. The van der Waals surface area contributed by atoms with Crippen molar-refractivity contribution in [3.8, 4) is 17.2 Å². The van der Waals surface area contributed by atoms with Crippen LogP contribution in [0.25, 0.3) is 17.2 Å². The van der Waals surface area contributed by atoms with Crippen LogP contribution in [-0.2, 0) is 6.54 Å². The molecule has 3 aromatic heterocycles. The Morgan fingerprint density at radius 3 is 2.74 bits per heavy atom. The number of nitrogens with one attached hydrogen (secondary N) is 1. The molecule has 35 heavy (non-hydrogen) atoms. The van der Waals surface area contributed by atoms with Gasteiger partial charge >= 0.3 is 6.18 Å². The zero-order valence-corrected chi connectivity index (χ0v) is 18.4. The van der Waals surface area contributed by atoms with E-state index in [0.717, 1.165) is 29.4 Å². The van der Waals surface area contributed by atoms with Crippen molar-refractivity contribution in [1.29, 1.82) is 0 Å². The summed E-state index contributed by atoms with van der Waals surface area (Å²) in [7, 11) is 0. The monoisotopic (exact) mass is 485 g/mol. The molecule has 3 heterocycles. The molecule has 0 unspecified atom stereocenters. The first-order valence-corrected chi connectivity index (χ1v) is 10.8. The molecule has 0 bridgehead atoms. The number of pyridine rings is 1. The fourth-order valence-corrected chi connectivity index (χ4v) is 3.75. The van der Waals surface area contributed by atoms with Gasteiger partial charge in [-0.05, 0) is 49.6 Å². The van der Waals surface area contributed by atoms with E-state index < -0.39 is 24.4 Å². The highest BCUT2D eigenvalue weighted by Crippen LogP contribution is 2.39. The van der Waals surface area contributed by atoms with Crippen molar-refractivity contribution in [1.82, 2.24) is 29.3 Å². The molecule has 180 valence electrons. The molecule has 5 rings (SSSR count). The average molecular weight is 485 g/mol. The van der Waals surface area contributed by atoms with Gasteiger partial charge in [-0.1, -0.05) is 6.07 Å². The number of imidazole rings is 1. The smallest absolute Gasteiger partial charge is 0.306 e.